The van der Waals surface area contributed by atoms with Crippen LogP contribution >= 0.6 is 0 Å². The number of anilines is 1. The van der Waals surface area contributed by atoms with E-state index in [2.05, 4.69) is 10.6 Å². The van der Waals surface area contributed by atoms with Crippen LogP contribution in [0.2, 0.25) is 0 Å². The smallest absolute Gasteiger partial charge is 0.265 e. The van der Waals surface area contributed by atoms with Gasteiger partial charge in [-0.2, -0.15) is 0 Å². The molecule has 6 heteroatoms. The molecule has 3 rings (SSSR count). The number of ether oxygens (including phenoxy) is 2. The largest absolute Gasteiger partial charge is 0.493 e. The highest BCUT2D eigenvalue weighted by atomic mass is 16.5. The lowest BCUT2D eigenvalue weighted by Crippen LogP contribution is -2.34. The first kappa shape index (κ1) is 16.8. The number of benzene rings is 2. The Balaban J connectivity index is 1.46. The Bertz CT molecular complexity index is 761. The van der Waals surface area contributed by atoms with Crippen LogP contribution in [0, 0.1) is 0 Å². The minimum absolute atomic E-state index is 0.0949. The fourth-order valence-corrected chi connectivity index (χ4v) is 2.43. The van der Waals surface area contributed by atoms with Crippen LogP contribution in [0.5, 0.6) is 11.5 Å². The van der Waals surface area contributed by atoms with Crippen molar-refractivity contribution in [3.8, 4) is 11.5 Å². The third-order valence-corrected chi connectivity index (χ3v) is 3.81. The molecule has 0 saturated carbocycles. The van der Waals surface area contributed by atoms with Gasteiger partial charge in [-0.05, 0) is 36.8 Å². The van der Waals surface area contributed by atoms with Crippen molar-refractivity contribution in [3.05, 3.63) is 54.1 Å². The standard InChI is InChI=1S/C19H20N2O4/c1-13-19(23)21-16-11-14(7-8-17(16)25-13)12-20-18(22)9-10-24-15-5-3-2-4-6-15/h2-8,11,13H,9-10,12H2,1H3,(H,20,22)(H,21,23). The van der Waals surface area contributed by atoms with Gasteiger partial charge < -0.3 is 20.1 Å². The van der Waals surface area contributed by atoms with Crippen LogP contribution in [0.3, 0.4) is 0 Å². The number of carbonyl (C=O) groups is 2. The molecule has 0 aliphatic carbocycles. The lowest BCUT2D eigenvalue weighted by atomic mass is 10.1. The van der Waals surface area contributed by atoms with E-state index < -0.39 is 6.10 Å². The Labute approximate surface area is 146 Å². The zero-order chi connectivity index (χ0) is 17.6. The Morgan fingerprint density at radius 1 is 1.24 bits per heavy atom. The van der Waals surface area contributed by atoms with Crippen LogP contribution < -0.4 is 20.1 Å². The lowest BCUT2D eigenvalue weighted by molar-refractivity contribution is -0.123. The second-order valence-corrected chi connectivity index (χ2v) is 5.77. The molecule has 0 saturated heterocycles. The van der Waals surface area contributed by atoms with Crippen molar-refractivity contribution in [2.24, 2.45) is 0 Å². The third kappa shape index (κ3) is 4.50. The number of carbonyl (C=O) groups excluding carboxylic acids is 2. The molecule has 25 heavy (non-hydrogen) atoms. The summed E-state index contributed by atoms with van der Waals surface area (Å²) < 4.78 is 11.0. The SMILES string of the molecule is CC1Oc2ccc(CNC(=O)CCOc3ccccc3)cc2NC1=O. The van der Waals surface area contributed by atoms with Gasteiger partial charge in [-0.1, -0.05) is 24.3 Å². The van der Waals surface area contributed by atoms with Gasteiger partial charge in [0.2, 0.25) is 5.91 Å². The summed E-state index contributed by atoms with van der Waals surface area (Å²) in [5.74, 6) is 1.11. The molecule has 6 nitrogen and oxygen atoms in total. The molecular formula is C19H20N2O4. The number of rotatable bonds is 6. The average molecular weight is 340 g/mol. The lowest BCUT2D eigenvalue weighted by Gasteiger charge is -2.23. The molecule has 1 aliphatic heterocycles. The van der Waals surface area contributed by atoms with E-state index in [9.17, 15) is 9.59 Å². The molecule has 1 heterocycles. The number of amides is 2. The van der Waals surface area contributed by atoms with E-state index in [-0.39, 0.29) is 18.2 Å². The van der Waals surface area contributed by atoms with Gasteiger partial charge in [0.05, 0.1) is 18.7 Å². The summed E-state index contributed by atoms with van der Waals surface area (Å²) in [4.78, 5) is 23.6. The fraction of sp³-hybridized carbons (Fsp3) is 0.263. The molecule has 0 bridgehead atoms. The van der Waals surface area contributed by atoms with E-state index in [1.165, 1.54) is 0 Å². The van der Waals surface area contributed by atoms with Crippen LogP contribution in [0.4, 0.5) is 5.69 Å². The van der Waals surface area contributed by atoms with Crippen molar-refractivity contribution >= 4 is 17.5 Å². The Morgan fingerprint density at radius 3 is 2.84 bits per heavy atom. The molecule has 2 N–H and O–H groups in total. The van der Waals surface area contributed by atoms with E-state index >= 15 is 0 Å². The van der Waals surface area contributed by atoms with Crippen LogP contribution in [0.1, 0.15) is 18.9 Å². The summed E-state index contributed by atoms with van der Waals surface area (Å²) in [5, 5.41) is 5.63. The fourth-order valence-electron chi connectivity index (χ4n) is 2.43. The molecule has 1 atom stereocenters. The van der Waals surface area contributed by atoms with Gasteiger partial charge in [0, 0.05) is 6.54 Å². The van der Waals surface area contributed by atoms with E-state index in [1.807, 2.05) is 36.4 Å². The van der Waals surface area contributed by atoms with Gasteiger partial charge in [-0.15, -0.1) is 0 Å². The number of hydrogen-bond donors (Lipinski definition) is 2. The molecule has 2 aromatic rings. The molecule has 0 spiro atoms. The van der Waals surface area contributed by atoms with Gasteiger partial charge in [-0.3, -0.25) is 9.59 Å². The number of fused-ring (bicyclic) bond motifs is 1. The van der Waals surface area contributed by atoms with Crippen molar-refractivity contribution in [2.75, 3.05) is 11.9 Å². The van der Waals surface area contributed by atoms with E-state index in [0.717, 1.165) is 11.3 Å². The Kier molecular flexibility index (Phi) is 5.18. The predicted octanol–water partition coefficient (Wildman–Crippen LogP) is 2.49. The summed E-state index contributed by atoms with van der Waals surface area (Å²) in [6.45, 7) is 2.40. The van der Waals surface area contributed by atoms with E-state index in [1.54, 1.807) is 19.1 Å². The predicted molar refractivity (Wildman–Crippen MR) is 93.6 cm³/mol. The highest BCUT2D eigenvalue weighted by Gasteiger charge is 2.23. The Hall–Kier alpha value is -3.02. The number of hydrogen-bond acceptors (Lipinski definition) is 4. The van der Waals surface area contributed by atoms with Gasteiger partial charge >= 0.3 is 0 Å². The molecule has 1 unspecified atom stereocenters. The quantitative estimate of drug-likeness (QED) is 0.847. The van der Waals surface area contributed by atoms with Crippen molar-refractivity contribution in [3.63, 3.8) is 0 Å². The summed E-state index contributed by atoms with van der Waals surface area (Å²) in [5.41, 5.74) is 1.51. The monoisotopic (exact) mass is 340 g/mol. The van der Waals surface area contributed by atoms with E-state index in [0.29, 0.717) is 24.6 Å². The maximum absolute atomic E-state index is 11.9. The average Bonchev–Trinajstić information content (AvgIpc) is 2.62. The molecule has 2 amide bonds. The van der Waals surface area contributed by atoms with Gasteiger partial charge in [0.15, 0.2) is 6.10 Å². The molecular weight excluding hydrogens is 320 g/mol. The molecule has 1 aliphatic rings. The zero-order valence-corrected chi connectivity index (χ0v) is 14.0. The van der Waals surface area contributed by atoms with Crippen molar-refractivity contribution < 1.29 is 19.1 Å². The number of para-hydroxylation sites is 1. The second kappa shape index (κ2) is 7.70. The molecule has 0 fully saturated rings. The summed E-state index contributed by atoms with van der Waals surface area (Å²) in [7, 11) is 0. The van der Waals surface area contributed by atoms with Gasteiger partial charge in [0.1, 0.15) is 11.5 Å². The topological polar surface area (TPSA) is 76.7 Å². The summed E-state index contributed by atoms with van der Waals surface area (Å²) in [6, 6.07) is 14.8. The minimum Gasteiger partial charge on any atom is -0.493 e. The third-order valence-electron chi connectivity index (χ3n) is 3.81. The zero-order valence-electron chi connectivity index (χ0n) is 14.0. The first-order valence-electron chi connectivity index (χ1n) is 8.17. The molecule has 0 aromatic heterocycles. The van der Waals surface area contributed by atoms with Crippen LogP contribution in [0.15, 0.2) is 48.5 Å². The normalized spacial score (nSPS) is 15.6. The van der Waals surface area contributed by atoms with Crippen molar-refractivity contribution in [1.29, 1.82) is 0 Å². The van der Waals surface area contributed by atoms with E-state index in [4.69, 9.17) is 9.47 Å². The summed E-state index contributed by atoms with van der Waals surface area (Å²) >= 11 is 0. The van der Waals surface area contributed by atoms with Gasteiger partial charge in [0.25, 0.3) is 5.91 Å². The van der Waals surface area contributed by atoms with Crippen LogP contribution in [-0.2, 0) is 16.1 Å². The summed E-state index contributed by atoms with van der Waals surface area (Å²) in [6.07, 6.45) is -0.223. The maximum atomic E-state index is 11.9. The second-order valence-electron chi connectivity index (χ2n) is 5.77. The number of nitrogens with one attached hydrogen (secondary N) is 2. The highest BCUT2D eigenvalue weighted by molar-refractivity contribution is 5.97. The Morgan fingerprint density at radius 2 is 2.04 bits per heavy atom. The first-order chi connectivity index (χ1) is 12.1. The van der Waals surface area contributed by atoms with Crippen molar-refractivity contribution in [2.45, 2.75) is 26.0 Å². The van der Waals surface area contributed by atoms with Crippen LogP contribution in [-0.4, -0.2) is 24.5 Å². The molecule has 0 radical (unpaired) electrons. The first-order valence-corrected chi connectivity index (χ1v) is 8.17. The van der Waals surface area contributed by atoms with Crippen LogP contribution in [0.25, 0.3) is 0 Å². The molecule has 2 aromatic carbocycles. The molecule has 130 valence electrons. The highest BCUT2D eigenvalue weighted by Crippen LogP contribution is 2.30. The van der Waals surface area contributed by atoms with Crippen molar-refractivity contribution in [1.82, 2.24) is 5.32 Å². The van der Waals surface area contributed by atoms with Gasteiger partial charge in [-0.25, -0.2) is 0 Å². The maximum Gasteiger partial charge on any atom is 0.265 e. The minimum atomic E-state index is -0.498.